The van der Waals surface area contributed by atoms with Gasteiger partial charge in [-0.3, -0.25) is 0 Å². The quantitative estimate of drug-likeness (QED) is 0.747. The van der Waals surface area contributed by atoms with Gasteiger partial charge in [0, 0.05) is 6.54 Å². The summed E-state index contributed by atoms with van der Waals surface area (Å²) in [6, 6.07) is 0. The molecule has 102 valence electrons. The van der Waals surface area contributed by atoms with Gasteiger partial charge in [0.1, 0.15) is 6.33 Å². The number of aromatic nitrogens is 2. The fourth-order valence-corrected chi connectivity index (χ4v) is 2.01. The summed E-state index contributed by atoms with van der Waals surface area (Å²) in [5.74, 6) is 0.447. The molecule has 0 aliphatic rings. The molecule has 3 N–H and O–H groups in total. The molecule has 0 aliphatic heterocycles. The van der Waals surface area contributed by atoms with Crippen molar-refractivity contribution in [3.05, 3.63) is 17.8 Å². The second-order valence-electron chi connectivity index (χ2n) is 4.45. The molecule has 1 aromatic heterocycles. The van der Waals surface area contributed by atoms with Gasteiger partial charge in [0.25, 0.3) is 0 Å². The highest BCUT2D eigenvalue weighted by atomic mass is 19.1. The first kappa shape index (κ1) is 14.8. The highest BCUT2D eigenvalue weighted by molar-refractivity contribution is 5.37. The Morgan fingerprint density at radius 3 is 2.72 bits per heavy atom. The Hall–Kier alpha value is -1.23. The lowest BCUT2D eigenvalue weighted by Crippen LogP contribution is -2.19. The standard InChI is InChI=1S/C13H23FN4/c1-3-5-10(6-7-15)8-16-13-12(14)11(4-2)17-9-18-13/h9-10H,3-8,15H2,1-2H3,(H,16,17,18). The fourth-order valence-electron chi connectivity index (χ4n) is 2.01. The van der Waals surface area contributed by atoms with Crippen molar-refractivity contribution >= 4 is 5.82 Å². The molecule has 1 rings (SSSR count). The van der Waals surface area contributed by atoms with E-state index >= 15 is 0 Å². The Balaban J connectivity index is 2.61. The van der Waals surface area contributed by atoms with Crippen LogP contribution >= 0.6 is 0 Å². The molecule has 1 unspecified atom stereocenters. The van der Waals surface area contributed by atoms with Crippen LogP contribution in [0.25, 0.3) is 0 Å². The summed E-state index contributed by atoms with van der Waals surface area (Å²) in [7, 11) is 0. The van der Waals surface area contributed by atoms with Crippen LogP contribution in [-0.2, 0) is 6.42 Å². The van der Waals surface area contributed by atoms with Gasteiger partial charge in [0.05, 0.1) is 5.69 Å². The number of nitrogens with one attached hydrogen (secondary N) is 1. The first-order valence-corrected chi connectivity index (χ1v) is 6.66. The van der Waals surface area contributed by atoms with Crippen molar-refractivity contribution in [2.75, 3.05) is 18.4 Å². The summed E-state index contributed by atoms with van der Waals surface area (Å²) < 4.78 is 13.9. The maximum absolute atomic E-state index is 13.9. The summed E-state index contributed by atoms with van der Waals surface area (Å²) in [4.78, 5) is 7.86. The Morgan fingerprint density at radius 2 is 2.11 bits per heavy atom. The number of nitrogens with zero attached hydrogens (tertiary/aromatic N) is 2. The molecular weight excluding hydrogens is 231 g/mol. The average molecular weight is 254 g/mol. The van der Waals surface area contributed by atoms with Crippen LogP contribution in [0.1, 0.15) is 38.8 Å². The monoisotopic (exact) mass is 254 g/mol. The molecule has 0 aliphatic carbocycles. The molecule has 1 atom stereocenters. The lowest BCUT2D eigenvalue weighted by Gasteiger charge is -2.16. The Kier molecular flexibility index (Phi) is 6.57. The van der Waals surface area contributed by atoms with Gasteiger partial charge in [-0.15, -0.1) is 0 Å². The van der Waals surface area contributed by atoms with Crippen molar-refractivity contribution in [1.82, 2.24) is 9.97 Å². The zero-order valence-corrected chi connectivity index (χ0v) is 11.2. The molecule has 0 spiro atoms. The van der Waals surface area contributed by atoms with Crippen LogP contribution in [0.15, 0.2) is 6.33 Å². The lowest BCUT2D eigenvalue weighted by atomic mass is 10.00. The summed E-state index contributed by atoms with van der Waals surface area (Å²) >= 11 is 0. The summed E-state index contributed by atoms with van der Waals surface area (Å²) in [6.07, 6.45) is 5.14. The van der Waals surface area contributed by atoms with Crippen LogP contribution < -0.4 is 11.1 Å². The second kappa shape index (κ2) is 7.97. The number of aryl methyl sites for hydroxylation is 1. The van der Waals surface area contributed by atoms with Crippen molar-refractivity contribution in [3.63, 3.8) is 0 Å². The van der Waals surface area contributed by atoms with E-state index in [0.29, 0.717) is 36.9 Å². The van der Waals surface area contributed by atoms with Crippen LogP contribution in [0.3, 0.4) is 0 Å². The molecular formula is C13H23FN4. The van der Waals surface area contributed by atoms with E-state index in [1.165, 1.54) is 6.33 Å². The van der Waals surface area contributed by atoms with E-state index in [9.17, 15) is 4.39 Å². The molecule has 0 bridgehead atoms. The van der Waals surface area contributed by atoms with Crippen LogP contribution in [0, 0.1) is 11.7 Å². The molecule has 0 saturated carbocycles. The van der Waals surface area contributed by atoms with E-state index in [0.717, 1.165) is 19.3 Å². The van der Waals surface area contributed by atoms with Gasteiger partial charge in [-0.2, -0.15) is 0 Å². The van der Waals surface area contributed by atoms with Gasteiger partial charge in [-0.25, -0.2) is 14.4 Å². The van der Waals surface area contributed by atoms with Crippen LogP contribution in [-0.4, -0.2) is 23.1 Å². The van der Waals surface area contributed by atoms with Gasteiger partial charge in [0.2, 0.25) is 0 Å². The molecule has 1 heterocycles. The third kappa shape index (κ3) is 4.22. The summed E-state index contributed by atoms with van der Waals surface area (Å²) in [5.41, 5.74) is 6.03. The predicted molar refractivity (Wildman–Crippen MR) is 71.9 cm³/mol. The maximum Gasteiger partial charge on any atom is 0.186 e. The minimum absolute atomic E-state index is 0.306. The van der Waals surface area contributed by atoms with E-state index in [-0.39, 0.29) is 5.82 Å². The van der Waals surface area contributed by atoms with Crippen molar-refractivity contribution in [3.8, 4) is 0 Å². The van der Waals surface area contributed by atoms with Gasteiger partial charge in [-0.1, -0.05) is 20.3 Å². The van der Waals surface area contributed by atoms with Crippen LogP contribution in [0.4, 0.5) is 10.2 Å². The summed E-state index contributed by atoms with van der Waals surface area (Å²) in [5, 5.41) is 3.08. The van der Waals surface area contributed by atoms with Gasteiger partial charge in [-0.05, 0) is 31.7 Å². The zero-order valence-electron chi connectivity index (χ0n) is 11.2. The van der Waals surface area contributed by atoms with Crippen molar-refractivity contribution in [2.45, 2.75) is 39.5 Å². The molecule has 0 amide bonds. The minimum atomic E-state index is -0.331. The van der Waals surface area contributed by atoms with Crippen molar-refractivity contribution < 1.29 is 4.39 Å². The number of anilines is 1. The Bertz CT molecular complexity index is 351. The van der Waals surface area contributed by atoms with Crippen molar-refractivity contribution in [1.29, 1.82) is 0 Å². The molecule has 0 radical (unpaired) electrons. The van der Waals surface area contributed by atoms with Crippen molar-refractivity contribution in [2.24, 2.45) is 11.7 Å². The van der Waals surface area contributed by atoms with E-state index in [4.69, 9.17) is 5.73 Å². The fraction of sp³-hybridized carbons (Fsp3) is 0.692. The first-order chi connectivity index (χ1) is 8.72. The minimum Gasteiger partial charge on any atom is -0.367 e. The SMILES string of the molecule is CCCC(CCN)CNc1ncnc(CC)c1F. The number of rotatable bonds is 8. The van der Waals surface area contributed by atoms with E-state index in [1.54, 1.807) is 0 Å². The zero-order chi connectivity index (χ0) is 13.4. The Morgan fingerprint density at radius 1 is 1.33 bits per heavy atom. The molecule has 1 aromatic rings. The molecule has 4 nitrogen and oxygen atoms in total. The third-order valence-corrected chi connectivity index (χ3v) is 3.03. The normalized spacial score (nSPS) is 12.4. The number of hydrogen-bond donors (Lipinski definition) is 2. The van der Waals surface area contributed by atoms with Crippen LogP contribution in [0.5, 0.6) is 0 Å². The van der Waals surface area contributed by atoms with E-state index in [1.807, 2.05) is 6.92 Å². The summed E-state index contributed by atoms with van der Waals surface area (Å²) in [6.45, 7) is 5.40. The highest BCUT2D eigenvalue weighted by Gasteiger charge is 2.12. The molecule has 5 heteroatoms. The smallest absolute Gasteiger partial charge is 0.186 e. The molecule has 0 aromatic carbocycles. The predicted octanol–water partition coefficient (Wildman–Crippen LogP) is 2.36. The Labute approximate surface area is 108 Å². The highest BCUT2D eigenvalue weighted by Crippen LogP contribution is 2.16. The number of nitrogens with two attached hydrogens (primary N) is 1. The van der Waals surface area contributed by atoms with Gasteiger partial charge < -0.3 is 11.1 Å². The maximum atomic E-state index is 13.9. The van der Waals surface area contributed by atoms with E-state index in [2.05, 4.69) is 22.2 Å². The molecule has 18 heavy (non-hydrogen) atoms. The average Bonchev–Trinajstić information content (AvgIpc) is 2.38. The van der Waals surface area contributed by atoms with Gasteiger partial charge >= 0.3 is 0 Å². The molecule has 0 fully saturated rings. The van der Waals surface area contributed by atoms with Crippen LogP contribution in [0.2, 0.25) is 0 Å². The molecule has 0 saturated heterocycles. The van der Waals surface area contributed by atoms with Gasteiger partial charge in [0.15, 0.2) is 11.6 Å². The number of hydrogen-bond acceptors (Lipinski definition) is 4. The largest absolute Gasteiger partial charge is 0.367 e. The second-order valence-corrected chi connectivity index (χ2v) is 4.45. The van der Waals surface area contributed by atoms with E-state index < -0.39 is 0 Å². The number of halogens is 1. The third-order valence-electron chi connectivity index (χ3n) is 3.03. The lowest BCUT2D eigenvalue weighted by molar-refractivity contribution is 0.471. The first-order valence-electron chi connectivity index (χ1n) is 6.66. The topological polar surface area (TPSA) is 63.8 Å².